The van der Waals surface area contributed by atoms with Crippen molar-refractivity contribution in [1.82, 2.24) is 4.98 Å². The highest BCUT2D eigenvalue weighted by atomic mass is 19.1. The molecule has 1 aromatic heterocycles. The van der Waals surface area contributed by atoms with E-state index in [-0.39, 0.29) is 12.5 Å². The number of nitrogens with zero attached hydrogens (tertiary/aromatic N) is 1. The molecule has 2 heterocycles. The molecule has 1 aliphatic rings. The lowest BCUT2D eigenvalue weighted by Gasteiger charge is -2.20. The fourth-order valence-corrected chi connectivity index (χ4v) is 1.47. The van der Waals surface area contributed by atoms with Gasteiger partial charge in [0, 0.05) is 6.61 Å². The van der Waals surface area contributed by atoms with Crippen LogP contribution < -0.4 is 11.1 Å². The molecule has 0 spiro atoms. The highest BCUT2D eigenvalue weighted by Crippen LogP contribution is 2.18. The van der Waals surface area contributed by atoms with Gasteiger partial charge in [0.05, 0.1) is 18.5 Å². The largest absolute Gasteiger partial charge is 0.379 e. The number of pyridine rings is 1. The monoisotopic (exact) mass is 225 g/mol. The molecule has 1 aliphatic heterocycles. The topological polar surface area (TPSA) is 77.2 Å². The number of amides is 1. The van der Waals surface area contributed by atoms with Crippen molar-refractivity contribution in [2.75, 3.05) is 18.5 Å². The molecule has 0 aromatic carbocycles. The first-order chi connectivity index (χ1) is 7.60. The summed E-state index contributed by atoms with van der Waals surface area (Å²) in [6, 6.07) is 2.60. The molecule has 0 saturated carbocycles. The molecule has 0 radical (unpaired) electrons. The van der Waals surface area contributed by atoms with Gasteiger partial charge in [0.2, 0.25) is 11.9 Å². The Morgan fingerprint density at radius 2 is 2.44 bits per heavy atom. The summed E-state index contributed by atoms with van der Waals surface area (Å²) in [6.07, 6.45) is 1.72. The van der Waals surface area contributed by atoms with Crippen molar-refractivity contribution in [3.8, 4) is 0 Å². The zero-order chi connectivity index (χ0) is 11.6. The van der Waals surface area contributed by atoms with Crippen molar-refractivity contribution in [2.24, 2.45) is 5.73 Å². The van der Waals surface area contributed by atoms with E-state index in [0.29, 0.717) is 18.7 Å². The Hall–Kier alpha value is -1.53. The lowest BCUT2D eigenvalue weighted by Crippen LogP contribution is -2.51. The lowest BCUT2D eigenvalue weighted by atomic mass is 9.99. The van der Waals surface area contributed by atoms with Gasteiger partial charge in [-0.1, -0.05) is 0 Å². The molecular weight excluding hydrogens is 213 g/mol. The van der Waals surface area contributed by atoms with Crippen LogP contribution in [-0.4, -0.2) is 29.6 Å². The number of aromatic nitrogens is 1. The Morgan fingerprint density at radius 3 is 3.00 bits per heavy atom. The van der Waals surface area contributed by atoms with Crippen molar-refractivity contribution in [3.05, 3.63) is 24.3 Å². The molecule has 86 valence electrons. The van der Waals surface area contributed by atoms with Crippen molar-refractivity contribution >= 4 is 11.6 Å². The molecule has 0 aliphatic carbocycles. The number of halogens is 1. The number of carbonyl (C=O) groups is 1. The van der Waals surface area contributed by atoms with Gasteiger partial charge < -0.3 is 15.8 Å². The molecule has 1 saturated heterocycles. The van der Waals surface area contributed by atoms with Gasteiger partial charge in [0.15, 0.2) is 0 Å². The third-order valence-corrected chi connectivity index (χ3v) is 2.49. The Labute approximate surface area is 91.8 Å². The van der Waals surface area contributed by atoms with Crippen molar-refractivity contribution in [2.45, 2.75) is 12.0 Å². The van der Waals surface area contributed by atoms with E-state index in [1.165, 1.54) is 18.3 Å². The number of carbonyl (C=O) groups excluding carboxylic acids is 1. The summed E-state index contributed by atoms with van der Waals surface area (Å²) in [5, 5.41) is 2.58. The van der Waals surface area contributed by atoms with Crippen LogP contribution in [0, 0.1) is 5.95 Å². The maximum Gasteiger partial charge on any atom is 0.246 e. The first kappa shape index (κ1) is 11.0. The summed E-state index contributed by atoms with van der Waals surface area (Å²) in [5.74, 6) is -0.928. The summed E-state index contributed by atoms with van der Waals surface area (Å²) in [6.45, 7) is 0.680. The zero-order valence-electron chi connectivity index (χ0n) is 8.57. The highest BCUT2D eigenvalue weighted by molar-refractivity contribution is 5.98. The molecule has 1 amide bonds. The molecule has 1 fully saturated rings. The van der Waals surface area contributed by atoms with Crippen LogP contribution in [0.2, 0.25) is 0 Å². The maximum absolute atomic E-state index is 12.5. The number of hydrogen-bond donors (Lipinski definition) is 2. The molecule has 2 rings (SSSR count). The van der Waals surface area contributed by atoms with E-state index < -0.39 is 11.5 Å². The summed E-state index contributed by atoms with van der Waals surface area (Å²) in [5.41, 5.74) is 5.28. The maximum atomic E-state index is 12.5. The molecule has 16 heavy (non-hydrogen) atoms. The zero-order valence-corrected chi connectivity index (χ0v) is 8.57. The summed E-state index contributed by atoms with van der Waals surface area (Å²) in [4.78, 5) is 15.2. The summed E-state index contributed by atoms with van der Waals surface area (Å²) < 4.78 is 17.6. The molecule has 1 unspecified atom stereocenters. The average molecular weight is 225 g/mol. The minimum atomic E-state index is -0.992. The van der Waals surface area contributed by atoms with Gasteiger partial charge in [-0.2, -0.15) is 4.39 Å². The van der Waals surface area contributed by atoms with E-state index in [2.05, 4.69) is 10.3 Å². The second-order valence-electron chi connectivity index (χ2n) is 3.78. The Morgan fingerprint density at radius 1 is 1.62 bits per heavy atom. The van der Waals surface area contributed by atoms with Crippen LogP contribution in [0.5, 0.6) is 0 Å². The second kappa shape index (κ2) is 4.15. The van der Waals surface area contributed by atoms with Crippen LogP contribution in [0.15, 0.2) is 18.3 Å². The van der Waals surface area contributed by atoms with Gasteiger partial charge >= 0.3 is 0 Å². The van der Waals surface area contributed by atoms with Crippen LogP contribution in [0.4, 0.5) is 10.1 Å². The molecule has 5 nitrogen and oxygen atoms in total. The summed E-state index contributed by atoms with van der Waals surface area (Å²) in [7, 11) is 0. The minimum absolute atomic E-state index is 0.202. The Bertz CT molecular complexity index is 388. The van der Waals surface area contributed by atoms with Crippen LogP contribution in [0.3, 0.4) is 0 Å². The van der Waals surface area contributed by atoms with Gasteiger partial charge in [-0.3, -0.25) is 4.79 Å². The van der Waals surface area contributed by atoms with E-state index in [4.69, 9.17) is 10.5 Å². The molecule has 6 heteroatoms. The van der Waals surface area contributed by atoms with E-state index >= 15 is 0 Å². The second-order valence-corrected chi connectivity index (χ2v) is 3.78. The van der Waals surface area contributed by atoms with E-state index in [9.17, 15) is 9.18 Å². The SMILES string of the molecule is NC1(C(=O)Nc2ccc(F)nc2)CCOC1. The van der Waals surface area contributed by atoms with Crippen LogP contribution in [0.1, 0.15) is 6.42 Å². The molecule has 1 aromatic rings. The van der Waals surface area contributed by atoms with E-state index in [1.54, 1.807) is 0 Å². The van der Waals surface area contributed by atoms with E-state index in [1.807, 2.05) is 0 Å². The van der Waals surface area contributed by atoms with Crippen LogP contribution in [0.25, 0.3) is 0 Å². The molecule has 0 bridgehead atoms. The molecule has 1 atom stereocenters. The fraction of sp³-hybridized carbons (Fsp3) is 0.400. The van der Waals surface area contributed by atoms with Gasteiger partial charge in [0.25, 0.3) is 0 Å². The third-order valence-electron chi connectivity index (χ3n) is 2.49. The predicted octanol–water partition coefficient (Wildman–Crippen LogP) is 0.277. The standard InChI is InChI=1S/C10H12FN3O2/c11-8-2-1-7(5-13-8)14-9(15)10(12)3-4-16-6-10/h1-2,5H,3-4,6,12H2,(H,14,15). The number of rotatable bonds is 2. The fourth-order valence-electron chi connectivity index (χ4n) is 1.47. The molecular formula is C10H12FN3O2. The Balaban J connectivity index is 2.04. The predicted molar refractivity (Wildman–Crippen MR) is 55.2 cm³/mol. The number of hydrogen-bond acceptors (Lipinski definition) is 4. The van der Waals surface area contributed by atoms with Crippen molar-refractivity contribution < 1.29 is 13.9 Å². The third kappa shape index (κ3) is 2.17. The number of ether oxygens (including phenoxy) is 1. The van der Waals surface area contributed by atoms with Crippen LogP contribution >= 0.6 is 0 Å². The van der Waals surface area contributed by atoms with Crippen molar-refractivity contribution in [3.63, 3.8) is 0 Å². The van der Waals surface area contributed by atoms with Gasteiger partial charge in [-0.15, -0.1) is 0 Å². The van der Waals surface area contributed by atoms with Crippen molar-refractivity contribution in [1.29, 1.82) is 0 Å². The first-order valence-corrected chi connectivity index (χ1v) is 4.90. The summed E-state index contributed by atoms with van der Waals surface area (Å²) >= 11 is 0. The molecule has 3 N–H and O–H groups in total. The first-order valence-electron chi connectivity index (χ1n) is 4.90. The minimum Gasteiger partial charge on any atom is -0.379 e. The smallest absolute Gasteiger partial charge is 0.246 e. The number of anilines is 1. The van der Waals surface area contributed by atoms with Crippen LogP contribution in [-0.2, 0) is 9.53 Å². The van der Waals surface area contributed by atoms with Gasteiger partial charge in [-0.25, -0.2) is 4.98 Å². The quantitative estimate of drug-likeness (QED) is 0.708. The number of nitrogens with two attached hydrogens (primary N) is 1. The highest BCUT2D eigenvalue weighted by Gasteiger charge is 2.38. The normalized spacial score (nSPS) is 24.4. The average Bonchev–Trinajstić information content (AvgIpc) is 2.70. The van der Waals surface area contributed by atoms with E-state index in [0.717, 1.165) is 0 Å². The Kier molecular flexibility index (Phi) is 2.84. The van der Waals surface area contributed by atoms with Gasteiger partial charge in [0.1, 0.15) is 5.54 Å². The lowest BCUT2D eigenvalue weighted by molar-refractivity contribution is -0.121. The van der Waals surface area contributed by atoms with Gasteiger partial charge in [-0.05, 0) is 18.6 Å². The number of nitrogens with one attached hydrogen (secondary N) is 1.